The van der Waals surface area contributed by atoms with Crippen molar-refractivity contribution in [3.8, 4) is 0 Å². The molecule has 17 heavy (non-hydrogen) atoms. The summed E-state index contributed by atoms with van der Waals surface area (Å²) in [7, 11) is -3.31. The highest BCUT2D eigenvalue weighted by molar-refractivity contribution is 7.92. The number of nitrogens with zero attached hydrogens (tertiary/aromatic N) is 1. The van der Waals surface area contributed by atoms with E-state index in [2.05, 4.69) is 15.0 Å². The van der Waals surface area contributed by atoms with Crippen molar-refractivity contribution >= 4 is 15.8 Å². The predicted molar refractivity (Wildman–Crippen MR) is 67.3 cm³/mol. The van der Waals surface area contributed by atoms with Crippen molar-refractivity contribution in [3.05, 3.63) is 24.4 Å². The highest BCUT2D eigenvalue weighted by atomic mass is 32.2. The lowest BCUT2D eigenvalue weighted by Gasteiger charge is -2.23. The molecule has 1 atom stereocenters. The van der Waals surface area contributed by atoms with Crippen molar-refractivity contribution in [2.24, 2.45) is 0 Å². The third-order valence-electron chi connectivity index (χ3n) is 2.76. The van der Waals surface area contributed by atoms with Crippen LogP contribution in [0.2, 0.25) is 0 Å². The maximum atomic E-state index is 11.9. The lowest BCUT2D eigenvalue weighted by molar-refractivity contribution is 0.424. The molecule has 2 heterocycles. The number of rotatable bonds is 4. The molecule has 1 unspecified atom stereocenters. The van der Waals surface area contributed by atoms with Crippen molar-refractivity contribution in [2.45, 2.75) is 25.3 Å². The topological polar surface area (TPSA) is 71.1 Å². The molecule has 0 spiro atoms. The molecule has 0 amide bonds. The van der Waals surface area contributed by atoms with Gasteiger partial charge in [0, 0.05) is 12.2 Å². The van der Waals surface area contributed by atoms with Gasteiger partial charge in [-0.2, -0.15) is 0 Å². The zero-order valence-corrected chi connectivity index (χ0v) is 10.4. The second-order valence-electron chi connectivity index (χ2n) is 4.25. The van der Waals surface area contributed by atoms with Crippen LogP contribution in [-0.4, -0.2) is 31.7 Å². The fourth-order valence-corrected chi connectivity index (χ4v) is 3.29. The van der Waals surface area contributed by atoms with Gasteiger partial charge in [0.2, 0.25) is 10.0 Å². The van der Waals surface area contributed by atoms with Crippen LogP contribution < -0.4 is 10.0 Å². The molecule has 0 bridgehead atoms. The summed E-state index contributed by atoms with van der Waals surface area (Å²) in [5.41, 5.74) is 0. The Morgan fingerprint density at radius 1 is 1.41 bits per heavy atom. The molecule has 2 rings (SSSR count). The number of hydrogen-bond donors (Lipinski definition) is 2. The molecule has 94 valence electrons. The molecular formula is C11H17N3O2S. The molecule has 1 fully saturated rings. The Labute approximate surface area is 102 Å². The summed E-state index contributed by atoms with van der Waals surface area (Å²) in [5, 5.41) is 3.22. The number of piperidine rings is 1. The van der Waals surface area contributed by atoms with Gasteiger partial charge < -0.3 is 5.32 Å². The number of hydrogen-bond acceptors (Lipinski definition) is 4. The molecule has 0 radical (unpaired) electrons. The van der Waals surface area contributed by atoms with Crippen molar-refractivity contribution in [1.82, 2.24) is 10.3 Å². The first-order valence-electron chi connectivity index (χ1n) is 5.81. The van der Waals surface area contributed by atoms with Gasteiger partial charge in [-0.15, -0.1) is 0 Å². The van der Waals surface area contributed by atoms with Gasteiger partial charge in [-0.25, -0.2) is 13.4 Å². The predicted octanol–water partition coefficient (Wildman–Crippen LogP) is 0.965. The molecule has 1 aromatic heterocycles. The van der Waals surface area contributed by atoms with E-state index in [0.717, 1.165) is 25.8 Å². The van der Waals surface area contributed by atoms with E-state index in [0.29, 0.717) is 5.82 Å². The van der Waals surface area contributed by atoms with Gasteiger partial charge in [0.15, 0.2) is 0 Å². The third kappa shape index (κ3) is 3.98. The van der Waals surface area contributed by atoms with Crippen LogP contribution in [0.25, 0.3) is 0 Å². The van der Waals surface area contributed by atoms with Crippen LogP contribution >= 0.6 is 0 Å². The van der Waals surface area contributed by atoms with Crippen molar-refractivity contribution < 1.29 is 8.42 Å². The first kappa shape index (κ1) is 12.3. The molecule has 0 aromatic carbocycles. The maximum Gasteiger partial charge on any atom is 0.235 e. The summed E-state index contributed by atoms with van der Waals surface area (Å²) in [6.07, 6.45) is 4.71. The molecule has 1 aliphatic rings. The molecule has 1 aliphatic heterocycles. The lowest BCUT2D eigenvalue weighted by Crippen LogP contribution is -2.40. The van der Waals surface area contributed by atoms with Gasteiger partial charge in [-0.1, -0.05) is 12.5 Å². The fourth-order valence-electron chi connectivity index (χ4n) is 1.96. The fraction of sp³-hybridized carbons (Fsp3) is 0.545. The molecule has 1 aromatic rings. The summed E-state index contributed by atoms with van der Waals surface area (Å²) in [5.74, 6) is 0.493. The minimum atomic E-state index is -3.31. The van der Waals surface area contributed by atoms with Crippen molar-refractivity contribution in [1.29, 1.82) is 0 Å². The van der Waals surface area contributed by atoms with E-state index in [-0.39, 0.29) is 11.8 Å². The van der Waals surface area contributed by atoms with E-state index in [1.165, 1.54) is 0 Å². The Hall–Kier alpha value is -1.14. The van der Waals surface area contributed by atoms with E-state index >= 15 is 0 Å². The Balaban J connectivity index is 1.94. The normalized spacial score (nSPS) is 21.1. The second-order valence-corrected chi connectivity index (χ2v) is 6.01. The van der Waals surface area contributed by atoms with E-state index in [9.17, 15) is 8.42 Å². The van der Waals surface area contributed by atoms with Gasteiger partial charge in [-0.3, -0.25) is 4.72 Å². The van der Waals surface area contributed by atoms with E-state index < -0.39 is 10.0 Å². The van der Waals surface area contributed by atoms with Crippen LogP contribution in [0, 0.1) is 0 Å². The van der Waals surface area contributed by atoms with Crippen LogP contribution in [0.5, 0.6) is 0 Å². The van der Waals surface area contributed by atoms with Crippen LogP contribution in [0.1, 0.15) is 19.3 Å². The van der Waals surface area contributed by atoms with Gasteiger partial charge in [-0.05, 0) is 31.5 Å². The molecule has 5 nitrogen and oxygen atoms in total. The Bertz CT molecular complexity index is 441. The van der Waals surface area contributed by atoms with E-state index in [4.69, 9.17) is 0 Å². The maximum absolute atomic E-state index is 11.9. The van der Waals surface area contributed by atoms with Gasteiger partial charge in [0.05, 0.1) is 5.75 Å². The molecule has 0 saturated carbocycles. The van der Waals surface area contributed by atoms with Crippen molar-refractivity contribution in [3.63, 3.8) is 0 Å². The minimum Gasteiger partial charge on any atom is -0.313 e. The smallest absolute Gasteiger partial charge is 0.235 e. The Morgan fingerprint density at radius 2 is 2.29 bits per heavy atom. The summed E-state index contributed by atoms with van der Waals surface area (Å²) < 4.78 is 26.2. The van der Waals surface area contributed by atoms with Crippen molar-refractivity contribution in [2.75, 3.05) is 17.0 Å². The largest absolute Gasteiger partial charge is 0.313 e. The van der Waals surface area contributed by atoms with Gasteiger partial charge in [0.1, 0.15) is 5.82 Å². The zero-order chi connectivity index (χ0) is 12.1. The Morgan fingerprint density at radius 3 is 2.94 bits per heavy atom. The third-order valence-corrected chi connectivity index (χ3v) is 4.12. The second kappa shape index (κ2) is 5.46. The highest BCUT2D eigenvalue weighted by Gasteiger charge is 2.20. The number of anilines is 1. The highest BCUT2D eigenvalue weighted by Crippen LogP contribution is 2.11. The van der Waals surface area contributed by atoms with Crippen LogP contribution in [0.15, 0.2) is 24.4 Å². The summed E-state index contributed by atoms with van der Waals surface area (Å²) in [4.78, 5) is 3.95. The number of aromatic nitrogens is 1. The zero-order valence-electron chi connectivity index (χ0n) is 9.59. The average molecular weight is 255 g/mol. The van der Waals surface area contributed by atoms with Gasteiger partial charge >= 0.3 is 0 Å². The lowest BCUT2D eigenvalue weighted by atomic mass is 10.1. The monoisotopic (exact) mass is 255 g/mol. The molecule has 2 N–H and O–H groups in total. The minimum absolute atomic E-state index is 0.0602. The first-order valence-corrected chi connectivity index (χ1v) is 7.46. The quantitative estimate of drug-likeness (QED) is 0.841. The number of nitrogens with one attached hydrogen (secondary N) is 2. The van der Waals surface area contributed by atoms with Crippen LogP contribution in [0.4, 0.5) is 5.82 Å². The van der Waals surface area contributed by atoms with Crippen LogP contribution in [0.3, 0.4) is 0 Å². The SMILES string of the molecule is O=S(=O)(CC1CCCCN1)Nc1ccccn1. The summed E-state index contributed by atoms with van der Waals surface area (Å²) in [6, 6.07) is 5.21. The standard InChI is InChI=1S/C11H17N3O2S/c15-17(16,9-10-5-1-3-7-12-10)14-11-6-2-4-8-13-11/h2,4,6,8,10,12H,1,3,5,7,9H2,(H,13,14). The average Bonchev–Trinajstić information content (AvgIpc) is 2.30. The summed E-state index contributed by atoms with van der Waals surface area (Å²) in [6.45, 7) is 0.907. The number of pyridine rings is 1. The molecule has 0 aliphatic carbocycles. The molecular weight excluding hydrogens is 238 g/mol. The van der Waals surface area contributed by atoms with Crippen LogP contribution in [-0.2, 0) is 10.0 Å². The van der Waals surface area contributed by atoms with E-state index in [1.807, 2.05) is 0 Å². The van der Waals surface area contributed by atoms with E-state index in [1.54, 1.807) is 24.4 Å². The Kier molecular flexibility index (Phi) is 3.96. The molecule has 1 saturated heterocycles. The molecule has 6 heteroatoms. The number of sulfonamides is 1. The first-order chi connectivity index (χ1) is 8.16. The summed E-state index contributed by atoms with van der Waals surface area (Å²) >= 11 is 0. The van der Waals surface area contributed by atoms with Gasteiger partial charge in [0.25, 0.3) is 0 Å².